The molecule has 0 aliphatic rings. The summed E-state index contributed by atoms with van der Waals surface area (Å²) >= 11 is 6.01. The first-order chi connectivity index (χ1) is 9.72. The van der Waals surface area contributed by atoms with Crippen molar-refractivity contribution in [3.8, 4) is 11.5 Å². The number of halogens is 1. The van der Waals surface area contributed by atoms with E-state index in [1.165, 1.54) is 5.56 Å². The number of hydrogen-bond donors (Lipinski definition) is 1. The molecule has 0 heterocycles. The van der Waals surface area contributed by atoms with Crippen molar-refractivity contribution >= 4 is 11.6 Å². The zero-order valence-electron chi connectivity index (χ0n) is 11.7. The van der Waals surface area contributed by atoms with Crippen molar-refractivity contribution in [2.45, 2.75) is 13.1 Å². The van der Waals surface area contributed by atoms with E-state index in [2.05, 4.69) is 5.32 Å². The van der Waals surface area contributed by atoms with Gasteiger partial charge in [0.15, 0.2) is 0 Å². The fraction of sp³-hybridized carbons (Fsp3) is 0.250. The molecule has 0 saturated carbocycles. The summed E-state index contributed by atoms with van der Waals surface area (Å²) in [6.07, 6.45) is 0. The molecule has 0 aliphatic carbocycles. The molecule has 2 aromatic carbocycles. The first-order valence-corrected chi connectivity index (χ1v) is 6.77. The average molecular weight is 292 g/mol. The molecule has 0 amide bonds. The zero-order valence-corrected chi connectivity index (χ0v) is 12.4. The van der Waals surface area contributed by atoms with E-state index < -0.39 is 0 Å². The van der Waals surface area contributed by atoms with Crippen LogP contribution in [0.1, 0.15) is 11.1 Å². The first-order valence-electron chi connectivity index (χ1n) is 6.39. The highest BCUT2D eigenvalue weighted by Crippen LogP contribution is 2.22. The molecule has 106 valence electrons. The Kier molecular flexibility index (Phi) is 5.27. The number of benzene rings is 2. The predicted molar refractivity (Wildman–Crippen MR) is 81.5 cm³/mol. The molecular formula is C16H18ClNO2. The maximum atomic E-state index is 6.01. The first kappa shape index (κ1) is 14.7. The summed E-state index contributed by atoms with van der Waals surface area (Å²) in [7, 11) is 3.33. The molecular weight excluding hydrogens is 274 g/mol. The van der Waals surface area contributed by atoms with Crippen LogP contribution in [0.15, 0.2) is 42.5 Å². The van der Waals surface area contributed by atoms with E-state index >= 15 is 0 Å². The lowest BCUT2D eigenvalue weighted by Gasteiger charge is -2.10. The average Bonchev–Trinajstić information content (AvgIpc) is 2.48. The van der Waals surface area contributed by atoms with Crippen LogP contribution in [-0.2, 0) is 13.1 Å². The Morgan fingerprint density at radius 3 is 2.35 bits per heavy atom. The van der Waals surface area contributed by atoms with Crippen LogP contribution in [0.3, 0.4) is 0 Å². The van der Waals surface area contributed by atoms with E-state index in [1.807, 2.05) is 42.5 Å². The van der Waals surface area contributed by atoms with Crippen molar-refractivity contribution in [2.75, 3.05) is 14.2 Å². The Balaban J connectivity index is 1.93. The molecule has 20 heavy (non-hydrogen) atoms. The van der Waals surface area contributed by atoms with Crippen molar-refractivity contribution in [1.29, 1.82) is 0 Å². The van der Waals surface area contributed by atoms with Gasteiger partial charge in [-0.05, 0) is 35.9 Å². The van der Waals surface area contributed by atoms with E-state index in [0.29, 0.717) is 11.6 Å². The van der Waals surface area contributed by atoms with Gasteiger partial charge in [0.1, 0.15) is 11.5 Å². The van der Waals surface area contributed by atoms with Gasteiger partial charge in [-0.15, -0.1) is 0 Å². The second-order valence-corrected chi connectivity index (χ2v) is 4.84. The third-order valence-electron chi connectivity index (χ3n) is 3.05. The van der Waals surface area contributed by atoms with Crippen molar-refractivity contribution in [3.05, 3.63) is 58.6 Å². The van der Waals surface area contributed by atoms with Gasteiger partial charge in [0, 0.05) is 23.7 Å². The normalized spacial score (nSPS) is 10.3. The summed E-state index contributed by atoms with van der Waals surface area (Å²) < 4.78 is 10.5. The number of hydrogen-bond acceptors (Lipinski definition) is 3. The van der Waals surface area contributed by atoms with Gasteiger partial charge in [-0.25, -0.2) is 0 Å². The Bertz CT molecular complexity index is 555. The maximum absolute atomic E-state index is 6.01. The van der Waals surface area contributed by atoms with Gasteiger partial charge in [-0.3, -0.25) is 0 Å². The van der Waals surface area contributed by atoms with E-state index in [9.17, 15) is 0 Å². The highest BCUT2D eigenvalue weighted by Gasteiger charge is 2.03. The third-order valence-corrected chi connectivity index (χ3v) is 3.28. The lowest BCUT2D eigenvalue weighted by Crippen LogP contribution is -2.13. The van der Waals surface area contributed by atoms with E-state index in [-0.39, 0.29) is 0 Å². The van der Waals surface area contributed by atoms with Gasteiger partial charge in [-0.2, -0.15) is 0 Å². The predicted octanol–water partition coefficient (Wildman–Crippen LogP) is 3.65. The zero-order chi connectivity index (χ0) is 14.4. The van der Waals surface area contributed by atoms with Crippen LogP contribution in [0.4, 0.5) is 0 Å². The lowest BCUT2D eigenvalue weighted by molar-refractivity contribution is 0.407. The number of nitrogens with one attached hydrogen (secondary N) is 1. The molecule has 0 saturated heterocycles. The van der Waals surface area contributed by atoms with Crippen LogP contribution in [-0.4, -0.2) is 14.2 Å². The SMILES string of the molecule is COc1ccc(CNCc2cc(Cl)ccc2OC)cc1. The minimum atomic E-state index is 0.704. The number of rotatable bonds is 6. The van der Waals surface area contributed by atoms with Crippen LogP contribution in [0, 0.1) is 0 Å². The Labute approximate surface area is 124 Å². The molecule has 3 nitrogen and oxygen atoms in total. The Morgan fingerprint density at radius 2 is 1.70 bits per heavy atom. The van der Waals surface area contributed by atoms with Gasteiger partial charge in [0.05, 0.1) is 14.2 Å². The standard InChI is InChI=1S/C16H18ClNO2/c1-19-15-6-3-12(4-7-15)10-18-11-13-9-14(17)5-8-16(13)20-2/h3-9,18H,10-11H2,1-2H3. The van der Waals surface area contributed by atoms with Gasteiger partial charge < -0.3 is 14.8 Å². The van der Waals surface area contributed by atoms with Crippen molar-refractivity contribution in [1.82, 2.24) is 5.32 Å². The summed E-state index contributed by atoms with van der Waals surface area (Å²) in [5.74, 6) is 1.71. The topological polar surface area (TPSA) is 30.5 Å². The minimum absolute atomic E-state index is 0.704. The molecule has 0 aromatic heterocycles. The third kappa shape index (κ3) is 3.89. The quantitative estimate of drug-likeness (QED) is 0.881. The molecule has 0 unspecified atom stereocenters. The van der Waals surface area contributed by atoms with Gasteiger partial charge in [0.25, 0.3) is 0 Å². The molecule has 0 radical (unpaired) electrons. The van der Waals surface area contributed by atoms with Gasteiger partial charge in [-0.1, -0.05) is 23.7 Å². The van der Waals surface area contributed by atoms with Gasteiger partial charge >= 0.3 is 0 Å². The molecule has 0 atom stereocenters. The van der Waals surface area contributed by atoms with E-state index in [0.717, 1.165) is 23.6 Å². The van der Waals surface area contributed by atoms with Crippen LogP contribution in [0.5, 0.6) is 11.5 Å². The fourth-order valence-corrected chi connectivity index (χ4v) is 2.16. The molecule has 2 aromatic rings. The minimum Gasteiger partial charge on any atom is -0.497 e. The molecule has 0 bridgehead atoms. The lowest BCUT2D eigenvalue weighted by atomic mass is 10.2. The maximum Gasteiger partial charge on any atom is 0.123 e. The monoisotopic (exact) mass is 291 g/mol. The van der Waals surface area contributed by atoms with Crippen LogP contribution in [0.25, 0.3) is 0 Å². The van der Waals surface area contributed by atoms with Crippen LogP contribution in [0.2, 0.25) is 5.02 Å². The van der Waals surface area contributed by atoms with Crippen molar-refractivity contribution in [2.24, 2.45) is 0 Å². The fourth-order valence-electron chi connectivity index (χ4n) is 1.97. The Hall–Kier alpha value is -1.71. The summed E-state index contributed by atoms with van der Waals surface area (Å²) in [4.78, 5) is 0. The van der Waals surface area contributed by atoms with Crippen molar-refractivity contribution in [3.63, 3.8) is 0 Å². The largest absolute Gasteiger partial charge is 0.497 e. The van der Waals surface area contributed by atoms with Crippen LogP contribution < -0.4 is 14.8 Å². The van der Waals surface area contributed by atoms with E-state index in [1.54, 1.807) is 14.2 Å². The number of methoxy groups -OCH3 is 2. The smallest absolute Gasteiger partial charge is 0.123 e. The van der Waals surface area contributed by atoms with Crippen molar-refractivity contribution < 1.29 is 9.47 Å². The highest BCUT2D eigenvalue weighted by molar-refractivity contribution is 6.30. The molecule has 4 heteroatoms. The summed E-state index contributed by atoms with van der Waals surface area (Å²) in [6, 6.07) is 13.6. The second kappa shape index (κ2) is 7.17. The van der Waals surface area contributed by atoms with Crippen LogP contribution >= 0.6 is 11.6 Å². The summed E-state index contributed by atoms with van der Waals surface area (Å²) in [5, 5.41) is 4.09. The molecule has 1 N–H and O–H groups in total. The summed E-state index contributed by atoms with van der Waals surface area (Å²) in [6.45, 7) is 1.48. The van der Waals surface area contributed by atoms with Gasteiger partial charge in [0.2, 0.25) is 0 Å². The van der Waals surface area contributed by atoms with E-state index in [4.69, 9.17) is 21.1 Å². The number of ether oxygens (including phenoxy) is 2. The highest BCUT2D eigenvalue weighted by atomic mass is 35.5. The molecule has 0 spiro atoms. The Morgan fingerprint density at radius 1 is 0.950 bits per heavy atom. The molecule has 2 rings (SSSR count). The second-order valence-electron chi connectivity index (χ2n) is 4.41. The molecule has 0 fully saturated rings. The summed E-state index contributed by atoms with van der Waals surface area (Å²) in [5.41, 5.74) is 2.25. The molecule has 0 aliphatic heterocycles.